The van der Waals surface area contributed by atoms with Gasteiger partial charge in [0.2, 0.25) is 11.8 Å². The lowest BCUT2D eigenvalue weighted by Crippen LogP contribution is -2.42. The molecule has 24 heavy (non-hydrogen) atoms. The van der Waals surface area contributed by atoms with Crippen molar-refractivity contribution in [2.24, 2.45) is 0 Å². The van der Waals surface area contributed by atoms with E-state index >= 15 is 0 Å². The van der Waals surface area contributed by atoms with Gasteiger partial charge in [-0.1, -0.05) is 29.8 Å². The van der Waals surface area contributed by atoms with E-state index in [-0.39, 0.29) is 31.4 Å². The molecule has 1 N–H and O–H groups in total. The first kappa shape index (κ1) is 16.1. The van der Waals surface area contributed by atoms with Gasteiger partial charge in [0, 0.05) is 0 Å². The fraction of sp³-hybridized carbons (Fsp3) is 0.263. The maximum atomic E-state index is 12.5. The molecule has 2 aromatic carbocycles. The van der Waals surface area contributed by atoms with E-state index in [1.165, 1.54) is 10.5 Å². The maximum Gasteiger partial charge on any atom is 0.244 e. The van der Waals surface area contributed by atoms with Crippen LogP contribution in [0, 0.1) is 13.8 Å². The van der Waals surface area contributed by atoms with Crippen molar-refractivity contribution in [2.45, 2.75) is 20.3 Å². The summed E-state index contributed by atoms with van der Waals surface area (Å²) in [5, 5.41) is 2.78. The monoisotopic (exact) mass is 324 g/mol. The summed E-state index contributed by atoms with van der Waals surface area (Å²) in [6.07, 6.45) is 0.217. The highest BCUT2D eigenvalue weighted by Gasteiger charge is 2.26. The average molecular weight is 324 g/mol. The van der Waals surface area contributed by atoms with Crippen LogP contribution in [0.15, 0.2) is 42.5 Å². The van der Waals surface area contributed by atoms with E-state index in [1.807, 2.05) is 50.2 Å². The Bertz CT molecular complexity index is 786. The minimum absolute atomic E-state index is 0.0411. The third-order valence-corrected chi connectivity index (χ3v) is 3.98. The smallest absolute Gasteiger partial charge is 0.244 e. The summed E-state index contributed by atoms with van der Waals surface area (Å²) in [6, 6.07) is 13.2. The Morgan fingerprint density at radius 3 is 2.79 bits per heavy atom. The average Bonchev–Trinajstić information content (AvgIpc) is 2.56. The highest BCUT2D eigenvalue weighted by atomic mass is 16.5. The number of benzene rings is 2. The molecule has 0 bridgehead atoms. The molecule has 2 aromatic rings. The van der Waals surface area contributed by atoms with E-state index in [2.05, 4.69) is 5.32 Å². The highest BCUT2D eigenvalue weighted by Crippen LogP contribution is 2.29. The summed E-state index contributed by atoms with van der Waals surface area (Å²) in [6.45, 7) is 4.33. The lowest BCUT2D eigenvalue weighted by molar-refractivity contribution is -0.122. The number of ether oxygens (including phenoxy) is 1. The molecule has 0 spiro atoms. The quantitative estimate of drug-likeness (QED) is 0.940. The van der Waals surface area contributed by atoms with E-state index in [4.69, 9.17) is 4.74 Å². The van der Waals surface area contributed by atoms with Gasteiger partial charge in [0.15, 0.2) is 0 Å². The summed E-state index contributed by atoms with van der Waals surface area (Å²) in [5.74, 6) is 0.476. The number of anilines is 2. The molecule has 3 rings (SSSR count). The third kappa shape index (κ3) is 3.40. The van der Waals surface area contributed by atoms with Crippen molar-refractivity contribution in [1.29, 1.82) is 0 Å². The van der Waals surface area contributed by atoms with Crippen LogP contribution >= 0.6 is 0 Å². The molecule has 0 aromatic heterocycles. The van der Waals surface area contributed by atoms with Crippen molar-refractivity contribution < 1.29 is 14.3 Å². The van der Waals surface area contributed by atoms with E-state index in [0.29, 0.717) is 5.69 Å². The van der Waals surface area contributed by atoms with Gasteiger partial charge >= 0.3 is 0 Å². The molecule has 0 aliphatic carbocycles. The van der Waals surface area contributed by atoms with Gasteiger partial charge in [-0.3, -0.25) is 9.59 Å². The number of carbonyl (C=O) groups excluding carboxylic acids is 2. The standard InChI is InChI=1S/C19H20N2O3/c1-13-7-8-17(14(2)11-13)24-10-9-19(23)21-12-18(22)20-15-5-3-4-6-16(15)21/h3-8,11H,9-10,12H2,1-2H3,(H,20,22). The summed E-state index contributed by atoms with van der Waals surface area (Å²) in [7, 11) is 0. The lowest BCUT2D eigenvalue weighted by atomic mass is 10.1. The number of amides is 2. The second-order valence-electron chi connectivity index (χ2n) is 5.91. The van der Waals surface area contributed by atoms with Gasteiger partial charge < -0.3 is 15.0 Å². The predicted molar refractivity (Wildman–Crippen MR) is 93.5 cm³/mol. The van der Waals surface area contributed by atoms with Crippen molar-refractivity contribution in [2.75, 3.05) is 23.4 Å². The molecule has 0 saturated heterocycles. The van der Waals surface area contributed by atoms with Crippen LogP contribution in [-0.4, -0.2) is 25.0 Å². The maximum absolute atomic E-state index is 12.5. The molecule has 0 saturated carbocycles. The first-order chi connectivity index (χ1) is 11.5. The van der Waals surface area contributed by atoms with Crippen molar-refractivity contribution in [1.82, 2.24) is 0 Å². The van der Waals surface area contributed by atoms with Crippen molar-refractivity contribution >= 4 is 23.2 Å². The minimum Gasteiger partial charge on any atom is -0.493 e. The van der Waals surface area contributed by atoms with Gasteiger partial charge in [0.05, 0.1) is 24.4 Å². The van der Waals surface area contributed by atoms with Gasteiger partial charge in [0.1, 0.15) is 12.3 Å². The molecule has 1 aliphatic rings. The molecular formula is C19H20N2O3. The summed E-state index contributed by atoms with van der Waals surface area (Å²) >= 11 is 0. The largest absolute Gasteiger partial charge is 0.493 e. The van der Waals surface area contributed by atoms with Crippen LogP contribution < -0.4 is 15.0 Å². The fourth-order valence-corrected chi connectivity index (χ4v) is 2.80. The zero-order valence-corrected chi connectivity index (χ0v) is 13.8. The van der Waals surface area contributed by atoms with E-state index < -0.39 is 0 Å². The van der Waals surface area contributed by atoms with E-state index in [9.17, 15) is 9.59 Å². The van der Waals surface area contributed by atoms with Gasteiger partial charge in [-0.25, -0.2) is 0 Å². The number of aryl methyl sites for hydroxylation is 2. The minimum atomic E-state index is -0.183. The van der Waals surface area contributed by atoms with Crippen LogP contribution in [0.25, 0.3) is 0 Å². The number of rotatable bonds is 4. The van der Waals surface area contributed by atoms with Gasteiger partial charge in [-0.2, -0.15) is 0 Å². The van der Waals surface area contributed by atoms with Crippen LogP contribution in [0.2, 0.25) is 0 Å². The molecule has 0 fully saturated rings. The van der Waals surface area contributed by atoms with Crippen molar-refractivity contribution in [3.05, 3.63) is 53.6 Å². The zero-order valence-electron chi connectivity index (χ0n) is 13.8. The van der Waals surface area contributed by atoms with Crippen LogP contribution in [0.3, 0.4) is 0 Å². The van der Waals surface area contributed by atoms with Gasteiger partial charge in [0.25, 0.3) is 0 Å². The van der Waals surface area contributed by atoms with E-state index in [0.717, 1.165) is 17.0 Å². The number of para-hydroxylation sites is 2. The van der Waals surface area contributed by atoms with Crippen LogP contribution in [-0.2, 0) is 9.59 Å². The Morgan fingerprint density at radius 1 is 1.21 bits per heavy atom. The normalized spacial score (nSPS) is 13.2. The number of hydrogen-bond donors (Lipinski definition) is 1. The Hall–Kier alpha value is -2.82. The fourth-order valence-electron chi connectivity index (χ4n) is 2.80. The SMILES string of the molecule is Cc1ccc(OCCC(=O)N2CC(=O)Nc3ccccc32)c(C)c1. The molecule has 0 unspecified atom stereocenters. The molecule has 124 valence electrons. The Labute approximate surface area is 141 Å². The van der Waals surface area contributed by atoms with E-state index in [1.54, 1.807) is 6.07 Å². The van der Waals surface area contributed by atoms with Crippen molar-refractivity contribution in [3.63, 3.8) is 0 Å². The number of nitrogens with zero attached hydrogens (tertiary/aromatic N) is 1. The topological polar surface area (TPSA) is 58.6 Å². The zero-order chi connectivity index (χ0) is 17.1. The number of carbonyl (C=O) groups is 2. The number of hydrogen-bond acceptors (Lipinski definition) is 3. The van der Waals surface area contributed by atoms with Crippen LogP contribution in [0.4, 0.5) is 11.4 Å². The second kappa shape index (κ2) is 6.74. The number of fused-ring (bicyclic) bond motifs is 1. The summed E-state index contributed by atoms with van der Waals surface area (Å²) in [5.41, 5.74) is 3.61. The lowest BCUT2D eigenvalue weighted by Gasteiger charge is -2.29. The Balaban J connectivity index is 1.64. The first-order valence-corrected chi connectivity index (χ1v) is 7.94. The van der Waals surface area contributed by atoms with Gasteiger partial charge in [-0.15, -0.1) is 0 Å². The molecule has 5 nitrogen and oxygen atoms in total. The summed E-state index contributed by atoms with van der Waals surface area (Å²) < 4.78 is 5.72. The van der Waals surface area contributed by atoms with Gasteiger partial charge in [-0.05, 0) is 37.6 Å². The molecule has 1 heterocycles. The van der Waals surface area contributed by atoms with Crippen LogP contribution in [0.5, 0.6) is 5.75 Å². The molecular weight excluding hydrogens is 304 g/mol. The first-order valence-electron chi connectivity index (χ1n) is 7.94. The van der Waals surface area contributed by atoms with Crippen molar-refractivity contribution in [3.8, 4) is 5.75 Å². The molecule has 5 heteroatoms. The highest BCUT2D eigenvalue weighted by molar-refractivity contribution is 6.09. The Morgan fingerprint density at radius 2 is 2.00 bits per heavy atom. The molecule has 1 aliphatic heterocycles. The predicted octanol–water partition coefficient (Wildman–Crippen LogP) is 3.06. The summed E-state index contributed by atoms with van der Waals surface area (Å²) in [4.78, 5) is 25.8. The van der Waals surface area contributed by atoms with Crippen LogP contribution in [0.1, 0.15) is 17.5 Å². The molecule has 2 amide bonds. The molecule has 0 radical (unpaired) electrons. The second-order valence-corrected chi connectivity index (χ2v) is 5.91. The third-order valence-electron chi connectivity index (χ3n) is 3.98. The Kier molecular flexibility index (Phi) is 4.51. The molecule has 0 atom stereocenters. The number of nitrogens with one attached hydrogen (secondary N) is 1.